The molecule has 0 radical (unpaired) electrons. The molecule has 11 heteroatoms. The van der Waals surface area contributed by atoms with Crippen molar-refractivity contribution in [3.8, 4) is 0 Å². The van der Waals surface area contributed by atoms with E-state index >= 15 is 0 Å². The molecule has 0 aliphatic rings. The molecular formula is C16H31NO8S2. The first-order chi connectivity index (χ1) is 12.5. The third kappa shape index (κ3) is 15.5. The average molecular weight is 430 g/mol. The lowest BCUT2D eigenvalue weighted by atomic mass is 10.0. The smallest absolute Gasteiger partial charge is 0.344 e. The van der Waals surface area contributed by atoms with Crippen LogP contribution in [-0.2, 0) is 38.9 Å². The van der Waals surface area contributed by atoms with Gasteiger partial charge in [-0.05, 0) is 18.8 Å². The Bertz CT molecular complexity index is 658. The van der Waals surface area contributed by atoms with Gasteiger partial charge in [-0.25, -0.2) is 26.4 Å². The summed E-state index contributed by atoms with van der Waals surface area (Å²) in [5, 5.41) is 0. The third-order valence-corrected chi connectivity index (χ3v) is 6.18. The van der Waals surface area contributed by atoms with Crippen LogP contribution in [0.15, 0.2) is 0 Å². The van der Waals surface area contributed by atoms with Gasteiger partial charge in [-0.3, -0.25) is 4.79 Å². The minimum Gasteiger partial charge on any atom is -0.463 e. The minimum atomic E-state index is -3.80. The maximum absolute atomic E-state index is 11.7. The van der Waals surface area contributed by atoms with E-state index < -0.39 is 50.7 Å². The summed E-state index contributed by atoms with van der Waals surface area (Å²) >= 11 is 0. The molecule has 0 saturated heterocycles. The summed E-state index contributed by atoms with van der Waals surface area (Å²) in [7, 11) is -7.05. The second-order valence-electron chi connectivity index (χ2n) is 6.38. The number of sulfone groups is 1. The fourth-order valence-electron chi connectivity index (χ4n) is 2.09. The van der Waals surface area contributed by atoms with Crippen LogP contribution >= 0.6 is 0 Å². The zero-order chi connectivity index (χ0) is 20.9. The van der Waals surface area contributed by atoms with Gasteiger partial charge in [-0.15, -0.1) is 0 Å². The van der Waals surface area contributed by atoms with Crippen LogP contribution in [0.5, 0.6) is 0 Å². The van der Waals surface area contributed by atoms with Crippen molar-refractivity contribution in [3.05, 3.63) is 0 Å². The topological polar surface area (TPSA) is 133 Å². The molecule has 0 saturated carbocycles. The van der Waals surface area contributed by atoms with E-state index in [4.69, 9.17) is 4.74 Å². The number of hydrogen-bond donors (Lipinski definition) is 1. The fourth-order valence-corrected chi connectivity index (χ4v) is 3.95. The average Bonchev–Trinajstić information content (AvgIpc) is 2.57. The van der Waals surface area contributed by atoms with E-state index in [1.807, 2.05) is 11.6 Å². The van der Waals surface area contributed by atoms with Crippen LogP contribution in [0.2, 0.25) is 0 Å². The molecule has 27 heavy (non-hydrogen) atoms. The van der Waals surface area contributed by atoms with Crippen LogP contribution in [-0.4, -0.2) is 66.3 Å². The van der Waals surface area contributed by atoms with Gasteiger partial charge < -0.3 is 9.47 Å². The number of carbonyl (C=O) groups excluding carboxylic acids is 2. The van der Waals surface area contributed by atoms with Crippen LogP contribution in [0.3, 0.4) is 0 Å². The Hall–Kier alpha value is -1.20. The Labute approximate surface area is 162 Å². The van der Waals surface area contributed by atoms with E-state index in [2.05, 4.69) is 11.7 Å². The SMILES string of the molecule is CCCC[C@@H](CC)COC(=O)COC(=O)CNS(=O)(=O)CCCS(C)(=O)=O. The van der Waals surface area contributed by atoms with E-state index in [9.17, 15) is 26.4 Å². The standard InChI is InChI=1S/C16H31NO8S2/c1-4-6-8-14(5-2)12-24-16(19)13-25-15(18)11-17-27(22,23)10-7-9-26(3,20)21/h14,17H,4-13H2,1-3H3/t14-/m1/s1. The molecule has 0 aliphatic carbocycles. The molecule has 0 bridgehead atoms. The zero-order valence-electron chi connectivity index (χ0n) is 16.2. The molecule has 0 amide bonds. The second kappa shape index (κ2) is 13.1. The van der Waals surface area contributed by atoms with Gasteiger partial charge in [0.05, 0.1) is 18.1 Å². The molecule has 0 spiro atoms. The summed E-state index contributed by atoms with van der Waals surface area (Å²) < 4.78 is 57.0. The Morgan fingerprint density at radius 2 is 1.63 bits per heavy atom. The number of ether oxygens (including phenoxy) is 2. The van der Waals surface area contributed by atoms with E-state index in [-0.39, 0.29) is 24.7 Å². The molecule has 160 valence electrons. The monoisotopic (exact) mass is 429 g/mol. The van der Waals surface area contributed by atoms with Gasteiger partial charge >= 0.3 is 11.9 Å². The van der Waals surface area contributed by atoms with Crippen LogP contribution in [0.1, 0.15) is 46.0 Å². The first kappa shape index (κ1) is 25.8. The highest BCUT2D eigenvalue weighted by atomic mass is 32.2. The highest BCUT2D eigenvalue weighted by Crippen LogP contribution is 2.12. The second-order valence-corrected chi connectivity index (χ2v) is 10.6. The van der Waals surface area contributed by atoms with Gasteiger partial charge in [0.15, 0.2) is 6.61 Å². The minimum absolute atomic E-state index is 0.0772. The predicted molar refractivity (Wildman–Crippen MR) is 101 cm³/mol. The molecule has 0 rings (SSSR count). The van der Waals surface area contributed by atoms with Gasteiger partial charge in [-0.2, -0.15) is 0 Å². The van der Waals surface area contributed by atoms with Crippen molar-refractivity contribution >= 4 is 31.8 Å². The highest BCUT2D eigenvalue weighted by molar-refractivity contribution is 7.91. The van der Waals surface area contributed by atoms with E-state index in [1.54, 1.807) is 0 Å². The Morgan fingerprint density at radius 1 is 0.963 bits per heavy atom. The molecular weight excluding hydrogens is 398 g/mol. The molecule has 0 fully saturated rings. The number of nitrogens with one attached hydrogen (secondary N) is 1. The van der Waals surface area contributed by atoms with E-state index in [1.165, 1.54) is 0 Å². The number of unbranched alkanes of at least 4 members (excludes halogenated alkanes) is 1. The molecule has 1 atom stereocenters. The van der Waals surface area contributed by atoms with Crippen molar-refractivity contribution in [1.82, 2.24) is 4.72 Å². The quantitative estimate of drug-likeness (QED) is 0.375. The Morgan fingerprint density at radius 3 is 2.19 bits per heavy atom. The molecule has 0 aromatic rings. The third-order valence-electron chi connectivity index (χ3n) is 3.74. The van der Waals surface area contributed by atoms with Gasteiger partial charge in [0.2, 0.25) is 10.0 Å². The molecule has 0 heterocycles. The zero-order valence-corrected chi connectivity index (χ0v) is 17.9. The molecule has 9 nitrogen and oxygen atoms in total. The number of rotatable bonds is 15. The fraction of sp³-hybridized carbons (Fsp3) is 0.875. The van der Waals surface area contributed by atoms with Crippen molar-refractivity contribution in [2.24, 2.45) is 5.92 Å². The van der Waals surface area contributed by atoms with Crippen molar-refractivity contribution in [3.63, 3.8) is 0 Å². The van der Waals surface area contributed by atoms with Crippen molar-refractivity contribution < 1.29 is 35.9 Å². The number of sulfonamides is 1. The Balaban J connectivity index is 4.05. The summed E-state index contributed by atoms with van der Waals surface area (Å²) in [5.41, 5.74) is 0. The number of hydrogen-bond acceptors (Lipinski definition) is 8. The highest BCUT2D eigenvalue weighted by Gasteiger charge is 2.16. The van der Waals surface area contributed by atoms with Crippen LogP contribution in [0.25, 0.3) is 0 Å². The van der Waals surface area contributed by atoms with Crippen molar-refractivity contribution in [2.75, 3.05) is 37.5 Å². The lowest BCUT2D eigenvalue weighted by Crippen LogP contribution is -2.33. The van der Waals surface area contributed by atoms with Crippen LogP contribution in [0, 0.1) is 5.92 Å². The summed E-state index contributed by atoms with van der Waals surface area (Å²) in [4.78, 5) is 23.1. The number of esters is 2. The largest absolute Gasteiger partial charge is 0.463 e. The molecule has 1 N–H and O–H groups in total. The Kier molecular flexibility index (Phi) is 12.5. The summed E-state index contributed by atoms with van der Waals surface area (Å²) in [5.74, 6) is -2.03. The molecule has 0 aromatic heterocycles. The van der Waals surface area contributed by atoms with Gasteiger partial charge in [0.1, 0.15) is 16.4 Å². The van der Waals surface area contributed by atoms with Crippen LogP contribution in [0.4, 0.5) is 0 Å². The maximum Gasteiger partial charge on any atom is 0.344 e. The van der Waals surface area contributed by atoms with Crippen molar-refractivity contribution in [1.29, 1.82) is 0 Å². The van der Waals surface area contributed by atoms with Gasteiger partial charge in [-0.1, -0.05) is 33.1 Å². The lowest BCUT2D eigenvalue weighted by Gasteiger charge is -2.14. The number of carbonyl (C=O) groups is 2. The van der Waals surface area contributed by atoms with Crippen LogP contribution < -0.4 is 4.72 Å². The molecule has 0 unspecified atom stereocenters. The molecule has 0 aromatic carbocycles. The lowest BCUT2D eigenvalue weighted by molar-refractivity contribution is -0.159. The van der Waals surface area contributed by atoms with Gasteiger partial charge in [0, 0.05) is 6.26 Å². The van der Waals surface area contributed by atoms with E-state index in [0.29, 0.717) is 0 Å². The van der Waals surface area contributed by atoms with E-state index in [0.717, 1.165) is 31.9 Å². The van der Waals surface area contributed by atoms with Crippen molar-refractivity contribution in [2.45, 2.75) is 46.0 Å². The summed E-state index contributed by atoms with van der Waals surface area (Å²) in [6.07, 6.45) is 4.89. The predicted octanol–water partition coefficient (Wildman–Crippen LogP) is 0.643. The normalized spacial score (nSPS) is 13.1. The first-order valence-electron chi connectivity index (χ1n) is 8.95. The summed E-state index contributed by atoms with van der Waals surface area (Å²) in [6.45, 7) is 3.13. The molecule has 0 aliphatic heterocycles. The summed E-state index contributed by atoms with van der Waals surface area (Å²) in [6, 6.07) is 0. The first-order valence-corrected chi connectivity index (χ1v) is 12.7. The maximum atomic E-state index is 11.7. The van der Waals surface area contributed by atoms with Gasteiger partial charge in [0.25, 0.3) is 0 Å².